The highest BCUT2D eigenvalue weighted by molar-refractivity contribution is 5.35. The Morgan fingerprint density at radius 2 is 0.848 bits per heavy atom. The second-order valence-corrected chi connectivity index (χ2v) is 6.64. The van der Waals surface area contributed by atoms with Gasteiger partial charge in [0.1, 0.15) is 24.7 Å². The lowest BCUT2D eigenvalue weighted by molar-refractivity contribution is 0.00499. The summed E-state index contributed by atoms with van der Waals surface area (Å²) in [4.78, 5) is 27.2. The van der Waals surface area contributed by atoms with Crippen LogP contribution in [-0.2, 0) is 36.9 Å². The van der Waals surface area contributed by atoms with Crippen LogP contribution >= 0.6 is 0 Å². The predicted molar refractivity (Wildman–Crippen MR) is 120 cm³/mol. The van der Waals surface area contributed by atoms with Crippen LogP contribution in [0, 0.1) is 0 Å². The van der Waals surface area contributed by atoms with E-state index in [4.69, 9.17) is 23.7 Å². The minimum Gasteiger partial charge on any atom is -0.491 e. The van der Waals surface area contributed by atoms with Crippen LogP contribution in [0.5, 0.6) is 11.5 Å². The molecule has 0 aliphatic rings. The summed E-state index contributed by atoms with van der Waals surface area (Å²) >= 11 is 0. The van der Waals surface area contributed by atoms with Crippen molar-refractivity contribution in [1.29, 1.82) is 0 Å². The summed E-state index contributed by atoms with van der Waals surface area (Å²) < 4.78 is 27.5. The second kappa shape index (κ2) is 17.3. The highest BCUT2D eigenvalue weighted by atomic mass is 16.6. The molecule has 0 aromatic heterocycles. The van der Waals surface area contributed by atoms with Gasteiger partial charge in [-0.3, -0.25) is 0 Å². The molecule has 9 heteroatoms. The molecule has 0 heterocycles. The van der Waals surface area contributed by atoms with E-state index >= 15 is 0 Å². The van der Waals surface area contributed by atoms with E-state index in [1.165, 1.54) is 12.2 Å². The van der Waals surface area contributed by atoms with Crippen molar-refractivity contribution >= 4 is 12.2 Å². The number of ether oxygens (including phenoxy) is 5. The van der Waals surface area contributed by atoms with Crippen LogP contribution in [0.1, 0.15) is 11.1 Å². The number of aliphatic imine (C=N–C) groups is 2. The first-order chi connectivity index (χ1) is 16.3. The van der Waals surface area contributed by atoms with Crippen LogP contribution in [0.25, 0.3) is 0 Å². The smallest absolute Gasteiger partial charge is 0.235 e. The molecule has 2 aromatic carbocycles. The second-order valence-electron chi connectivity index (χ2n) is 6.64. The molecule has 9 nitrogen and oxygen atoms in total. The Balaban J connectivity index is 1.37. The van der Waals surface area contributed by atoms with E-state index < -0.39 is 0 Å². The summed E-state index contributed by atoms with van der Waals surface area (Å²) in [6.45, 7) is 4.34. The number of benzene rings is 2. The average molecular weight is 456 g/mol. The van der Waals surface area contributed by atoms with Crippen LogP contribution in [0.4, 0.5) is 0 Å². The zero-order chi connectivity index (χ0) is 23.4. The molecule has 0 atom stereocenters. The van der Waals surface area contributed by atoms with E-state index in [0.29, 0.717) is 65.9 Å². The van der Waals surface area contributed by atoms with Crippen molar-refractivity contribution in [3.05, 3.63) is 59.7 Å². The van der Waals surface area contributed by atoms with Crippen molar-refractivity contribution in [2.45, 2.75) is 13.1 Å². The van der Waals surface area contributed by atoms with Crippen molar-refractivity contribution < 1.29 is 33.3 Å². The molecule has 0 saturated heterocycles. The zero-order valence-electron chi connectivity index (χ0n) is 18.4. The quantitative estimate of drug-likeness (QED) is 0.193. The summed E-state index contributed by atoms with van der Waals surface area (Å²) in [6.07, 6.45) is 3.03. The Hall–Kier alpha value is -3.32. The van der Waals surface area contributed by atoms with Crippen LogP contribution in [-0.4, -0.2) is 65.0 Å². The molecular formula is C24H28N2O7. The van der Waals surface area contributed by atoms with E-state index in [9.17, 15) is 9.59 Å². The van der Waals surface area contributed by atoms with Crippen molar-refractivity contribution in [1.82, 2.24) is 0 Å². The summed E-state index contributed by atoms with van der Waals surface area (Å²) in [6, 6.07) is 14.7. The summed E-state index contributed by atoms with van der Waals surface area (Å²) in [5, 5.41) is 0. The molecule has 2 rings (SSSR count). The van der Waals surface area contributed by atoms with E-state index in [0.717, 1.165) is 22.6 Å². The first-order valence-corrected chi connectivity index (χ1v) is 10.6. The molecule has 0 aliphatic heterocycles. The van der Waals surface area contributed by atoms with Crippen molar-refractivity contribution in [3.63, 3.8) is 0 Å². The molecule has 0 unspecified atom stereocenters. The minimum absolute atomic E-state index is 0.321. The van der Waals surface area contributed by atoms with E-state index in [2.05, 4.69) is 9.98 Å². The van der Waals surface area contributed by atoms with Gasteiger partial charge >= 0.3 is 0 Å². The molecule has 2 aromatic rings. The number of carbonyl (C=O) groups excluding carboxylic acids is 2. The van der Waals surface area contributed by atoms with Crippen LogP contribution in [0.15, 0.2) is 58.5 Å². The van der Waals surface area contributed by atoms with Crippen LogP contribution in [0.3, 0.4) is 0 Å². The minimum atomic E-state index is 0.321. The fraction of sp³-hybridized carbons (Fsp3) is 0.417. The maximum atomic E-state index is 10.1. The first-order valence-electron chi connectivity index (χ1n) is 10.6. The third-order valence-electron chi connectivity index (χ3n) is 4.24. The third kappa shape index (κ3) is 12.3. The van der Waals surface area contributed by atoms with Gasteiger partial charge in [-0.1, -0.05) is 24.3 Å². The Morgan fingerprint density at radius 1 is 0.515 bits per heavy atom. The van der Waals surface area contributed by atoms with E-state index in [-0.39, 0.29) is 0 Å². The fourth-order valence-electron chi connectivity index (χ4n) is 2.61. The summed E-state index contributed by atoms with van der Waals surface area (Å²) in [7, 11) is 0. The Morgan fingerprint density at radius 3 is 1.18 bits per heavy atom. The number of hydrogen-bond donors (Lipinski definition) is 0. The predicted octanol–water partition coefficient (Wildman–Crippen LogP) is 2.87. The van der Waals surface area contributed by atoms with Gasteiger partial charge in [-0.15, -0.1) is 0 Å². The molecule has 0 saturated carbocycles. The number of rotatable bonds is 18. The van der Waals surface area contributed by atoms with Crippen LogP contribution < -0.4 is 9.47 Å². The molecule has 33 heavy (non-hydrogen) atoms. The lowest BCUT2D eigenvalue weighted by atomic mass is 10.2. The van der Waals surface area contributed by atoms with Crippen molar-refractivity contribution in [3.8, 4) is 11.5 Å². The lowest BCUT2D eigenvalue weighted by Crippen LogP contribution is -2.14. The van der Waals surface area contributed by atoms with Gasteiger partial charge in [0.15, 0.2) is 0 Å². The molecule has 0 amide bonds. The van der Waals surface area contributed by atoms with Gasteiger partial charge in [0, 0.05) is 0 Å². The first kappa shape index (κ1) is 25.9. The van der Waals surface area contributed by atoms with Gasteiger partial charge in [0.25, 0.3) is 0 Å². The Labute approximate surface area is 193 Å². The van der Waals surface area contributed by atoms with E-state index in [1.54, 1.807) is 0 Å². The largest absolute Gasteiger partial charge is 0.491 e. The SMILES string of the molecule is O=C=NCc1ccc(OCCOCCOCCOCCOc2ccc(CN=C=O)cc2)cc1. The van der Waals surface area contributed by atoms with Crippen molar-refractivity contribution in [2.75, 3.05) is 52.9 Å². The lowest BCUT2D eigenvalue weighted by Gasteiger charge is -2.09. The monoisotopic (exact) mass is 456 g/mol. The summed E-state index contributed by atoms with van der Waals surface area (Å²) in [5.41, 5.74) is 1.84. The topological polar surface area (TPSA) is 105 Å². The van der Waals surface area contributed by atoms with Gasteiger partial charge in [-0.2, -0.15) is 0 Å². The highest BCUT2D eigenvalue weighted by Gasteiger charge is 1.98. The Kier molecular flexibility index (Phi) is 13.6. The molecule has 0 bridgehead atoms. The standard InChI is InChI=1S/C24H28N2O7/c27-19-25-17-21-1-5-23(6-2-21)32-15-13-30-11-9-29-10-12-31-14-16-33-24-7-3-22(4-8-24)18-26-20-28/h1-8H,9-18H2. The van der Waals surface area contributed by atoms with Gasteiger partial charge in [-0.05, 0) is 35.4 Å². The van der Waals surface area contributed by atoms with Gasteiger partial charge in [0.2, 0.25) is 12.2 Å². The molecule has 0 spiro atoms. The molecular weight excluding hydrogens is 428 g/mol. The highest BCUT2D eigenvalue weighted by Crippen LogP contribution is 2.13. The molecule has 176 valence electrons. The fourth-order valence-corrected chi connectivity index (χ4v) is 2.61. The Bertz CT molecular complexity index is 801. The number of hydrogen-bond acceptors (Lipinski definition) is 9. The van der Waals surface area contributed by atoms with E-state index in [1.807, 2.05) is 48.5 Å². The maximum absolute atomic E-state index is 10.1. The van der Waals surface area contributed by atoms with Gasteiger partial charge < -0.3 is 23.7 Å². The van der Waals surface area contributed by atoms with Gasteiger partial charge in [0.05, 0.1) is 52.7 Å². The molecule has 0 radical (unpaired) electrons. The average Bonchev–Trinajstić information content (AvgIpc) is 2.85. The number of nitrogens with zero attached hydrogens (tertiary/aromatic N) is 2. The maximum Gasteiger partial charge on any atom is 0.235 e. The van der Waals surface area contributed by atoms with Gasteiger partial charge in [-0.25, -0.2) is 19.6 Å². The third-order valence-corrected chi connectivity index (χ3v) is 4.24. The molecule has 0 N–H and O–H groups in total. The summed E-state index contributed by atoms with van der Waals surface area (Å²) in [5.74, 6) is 1.47. The number of isocyanates is 2. The molecule has 0 aliphatic carbocycles. The van der Waals surface area contributed by atoms with Crippen molar-refractivity contribution in [2.24, 2.45) is 9.98 Å². The van der Waals surface area contributed by atoms with Crippen LogP contribution in [0.2, 0.25) is 0 Å². The zero-order valence-corrected chi connectivity index (χ0v) is 18.4. The molecule has 0 fully saturated rings. The normalized spacial score (nSPS) is 10.2.